The second-order valence-corrected chi connectivity index (χ2v) is 6.48. The first-order valence-electron chi connectivity index (χ1n) is 7.07. The molecule has 6 nitrogen and oxygen atoms in total. The van der Waals surface area contributed by atoms with Crippen molar-refractivity contribution in [1.82, 2.24) is 9.88 Å². The Labute approximate surface area is 131 Å². The molecule has 0 bridgehead atoms. The van der Waals surface area contributed by atoms with Crippen LogP contribution in [0.3, 0.4) is 0 Å². The zero-order chi connectivity index (χ0) is 15.1. The Balaban J connectivity index is 1.52. The molecule has 2 aliphatic rings. The topological polar surface area (TPSA) is 63.7 Å². The first-order valence-corrected chi connectivity index (χ1v) is 7.89. The number of rotatable bonds is 2. The molecule has 0 saturated heterocycles. The Bertz CT molecular complexity index is 744. The summed E-state index contributed by atoms with van der Waals surface area (Å²) in [6, 6.07) is 5.17. The second kappa shape index (κ2) is 5.26. The summed E-state index contributed by atoms with van der Waals surface area (Å²) in [4.78, 5) is 20.4. The van der Waals surface area contributed by atoms with Crippen LogP contribution in [0, 0.1) is 0 Å². The Kier molecular flexibility index (Phi) is 3.24. The lowest BCUT2D eigenvalue weighted by Crippen LogP contribution is -2.25. The Morgan fingerprint density at radius 2 is 2.23 bits per heavy atom. The van der Waals surface area contributed by atoms with Gasteiger partial charge in [0.25, 0.3) is 5.91 Å². The molecule has 2 aromatic rings. The van der Waals surface area contributed by atoms with E-state index in [9.17, 15) is 4.79 Å². The van der Waals surface area contributed by atoms with Gasteiger partial charge in [-0.05, 0) is 25.2 Å². The number of fused-ring (bicyclic) bond motifs is 2. The SMILES string of the molecule is CN1CCc2nc(NC(=O)c3ccc4c(c3)OCO4)sc2C1. The molecule has 1 aromatic heterocycles. The lowest BCUT2D eigenvalue weighted by Gasteiger charge is -2.20. The molecule has 0 unspecified atom stereocenters. The minimum absolute atomic E-state index is 0.183. The molecule has 0 radical (unpaired) electrons. The number of anilines is 1. The number of thiazole rings is 1. The number of carbonyl (C=O) groups excluding carboxylic acids is 1. The molecule has 2 aliphatic heterocycles. The van der Waals surface area contributed by atoms with E-state index in [-0.39, 0.29) is 12.7 Å². The van der Waals surface area contributed by atoms with Gasteiger partial charge in [0.2, 0.25) is 6.79 Å². The lowest BCUT2D eigenvalue weighted by atomic mass is 10.2. The monoisotopic (exact) mass is 317 g/mol. The van der Waals surface area contributed by atoms with E-state index >= 15 is 0 Å². The van der Waals surface area contributed by atoms with Crippen LogP contribution in [0.5, 0.6) is 11.5 Å². The first kappa shape index (κ1) is 13.5. The average Bonchev–Trinajstić information content (AvgIpc) is 3.11. The van der Waals surface area contributed by atoms with Gasteiger partial charge in [0.15, 0.2) is 16.6 Å². The molecule has 0 fully saturated rings. The summed E-state index contributed by atoms with van der Waals surface area (Å²) in [5.41, 5.74) is 1.64. The molecule has 3 heterocycles. The summed E-state index contributed by atoms with van der Waals surface area (Å²) in [5.74, 6) is 1.09. The number of hydrogen-bond acceptors (Lipinski definition) is 6. The van der Waals surface area contributed by atoms with Crippen molar-refractivity contribution in [1.29, 1.82) is 0 Å². The molecule has 0 aliphatic carbocycles. The van der Waals surface area contributed by atoms with E-state index in [1.807, 2.05) is 0 Å². The van der Waals surface area contributed by atoms with E-state index < -0.39 is 0 Å². The van der Waals surface area contributed by atoms with E-state index in [4.69, 9.17) is 9.47 Å². The van der Waals surface area contributed by atoms with Crippen molar-refractivity contribution in [3.8, 4) is 11.5 Å². The van der Waals surface area contributed by atoms with E-state index in [0.29, 0.717) is 22.2 Å². The Morgan fingerprint density at radius 1 is 1.36 bits per heavy atom. The van der Waals surface area contributed by atoms with Crippen LogP contribution in [-0.4, -0.2) is 36.2 Å². The molecule has 114 valence electrons. The van der Waals surface area contributed by atoms with Crippen molar-refractivity contribution >= 4 is 22.4 Å². The van der Waals surface area contributed by atoms with Crippen molar-refractivity contribution in [2.75, 3.05) is 25.7 Å². The van der Waals surface area contributed by atoms with E-state index in [1.54, 1.807) is 29.5 Å². The first-order chi connectivity index (χ1) is 10.7. The van der Waals surface area contributed by atoms with E-state index in [1.165, 1.54) is 4.88 Å². The lowest BCUT2D eigenvalue weighted by molar-refractivity contribution is 0.102. The number of ether oxygens (including phenoxy) is 2. The third-order valence-corrected chi connectivity index (χ3v) is 4.78. The highest BCUT2D eigenvalue weighted by atomic mass is 32.1. The van der Waals surface area contributed by atoms with E-state index in [2.05, 4.69) is 22.2 Å². The van der Waals surface area contributed by atoms with Gasteiger partial charge in [0, 0.05) is 30.0 Å². The number of carbonyl (C=O) groups is 1. The number of likely N-dealkylation sites (N-methyl/N-ethyl adjacent to an activating group) is 1. The molecule has 0 atom stereocenters. The van der Waals surface area contributed by atoms with Gasteiger partial charge in [-0.1, -0.05) is 0 Å². The summed E-state index contributed by atoms with van der Waals surface area (Å²) in [5, 5.41) is 3.53. The van der Waals surface area contributed by atoms with Gasteiger partial charge in [-0.25, -0.2) is 4.98 Å². The van der Waals surface area contributed by atoms with Gasteiger partial charge in [-0.3, -0.25) is 10.1 Å². The quantitative estimate of drug-likeness (QED) is 0.919. The maximum atomic E-state index is 12.3. The number of nitrogens with one attached hydrogen (secondary N) is 1. The standard InChI is InChI=1S/C15H15N3O3S/c1-18-5-4-10-13(7-18)22-15(16-10)17-14(19)9-2-3-11-12(6-9)21-8-20-11/h2-3,6H,4-5,7-8H2,1H3,(H,16,17,19). The van der Waals surface area contributed by atoms with Crippen LogP contribution in [0.2, 0.25) is 0 Å². The summed E-state index contributed by atoms with van der Waals surface area (Å²) < 4.78 is 10.5. The van der Waals surface area contributed by atoms with Crippen molar-refractivity contribution in [3.05, 3.63) is 34.3 Å². The predicted molar refractivity (Wildman–Crippen MR) is 82.7 cm³/mol. The fourth-order valence-electron chi connectivity index (χ4n) is 2.58. The van der Waals surface area contributed by atoms with Crippen LogP contribution in [0.4, 0.5) is 5.13 Å². The largest absolute Gasteiger partial charge is 0.454 e. The van der Waals surface area contributed by atoms with Gasteiger partial charge in [0.1, 0.15) is 0 Å². The molecule has 7 heteroatoms. The number of amides is 1. The zero-order valence-corrected chi connectivity index (χ0v) is 12.9. The minimum atomic E-state index is -0.183. The van der Waals surface area contributed by atoms with Crippen molar-refractivity contribution in [2.45, 2.75) is 13.0 Å². The van der Waals surface area contributed by atoms with Gasteiger partial charge in [-0.2, -0.15) is 0 Å². The van der Waals surface area contributed by atoms with Crippen LogP contribution in [0.25, 0.3) is 0 Å². The maximum absolute atomic E-state index is 12.3. The highest BCUT2D eigenvalue weighted by Gasteiger charge is 2.20. The molecular weight excluding hydrogens is 302 g/mol. The second-order valence-electron chi connectivity index (χ2n) is 5.40. The highest BCUT2D eigenvalue weighted by Crippen LogP contribution is 2.33. The van der Waals surface area contributed by atoms with Crippen molar-refractivity contribution < 1.29 is 14.3 Å². The Morgan fingerprint density at radius 3 is 3.14 bits per heavy atom. The summed E-state index contributed by atoms with van der Waals surface area (Å²) in [6.07, 6.45) is 0.933. The molecule has 0 saturated carbocycles. The summed E-state index contributed by atoms with van der Waals surface area (Å²) >= 11 is 1.55. The number of benzene rings is 1. The number of hydrogen-bond donors (Lipinski definition) is 1. The van der Waals surface area contributed by atoms with E-state index in [0.717, 1.165) is 25.2 Å². The van der Waals surface area contributed by atoms with Crippen LogP contribution < -0.4 is 14.8 Å². The summed E-state index contributed by atoms with van der Waals surface area (Å²) in [6.45, 7) is 2.10. The minimum Gasteiger partial charge on any atom is -0.454 e. The third kappa shape index (κ3) is 2.42. The maximum Gasteiger partial charge on any atom is 0.257 e. The molecule has 0 spiro atoms. The molecule has 1 aromatic carbocycles. The van der Waals surface area contributed by atoms with Gasteiger partial charge in [-0.15, -0.1) is 11.3 Å². The normalized spacial score (nSPS) is 16.4. The van der Waals surface area contributed by atoms with Crippen LogP contribution in [-0.2, 0) is 13.0 Å². The molecule has 1 amide bonds. The number of nitrogens with zero attached hydrogens (tertiary/aromatic N) is 2. The van der Waals surface area contributed by atoms with Crippen LogP contribution >= 0.6 is 11.3 Å². The highest BCUT2D eigenvalue weighted by molar-refractivity contribution is 7.15. The molecule has 4 rings (SSSR count). The third-order valence-electron chi connectivity index (χ3n) is 3.78. The van der Waals surface area contributed by atoms with Crippen LogP contribution in [0.15, 0.2) is 18.2 Å². The van der Waals surface area contributed by atoms with Gasteiger partial charge >= 0.3 is 0 Å². The Hall–Kier alpha value is -2.12. The molecular formula is C15H15N3O3S. The van der Waals surface area contributed by atoms with Crippen molar-refractivity contribution in [2.24, 2.45) is 0 Å². The smallest absolute Gasteiger partial charge is 0.257 e. The predicted octanol–water partition coefficient (Wildman–Crippen LogP) is 2.11. The van der Waals surface area contributed by atoms with Gasteiger partial charge < -0.3 is 14.4 Å². The fraction of sp³-hybridized carbons (Fsp3) is 0.333. The summed E-state index contributed by atoms with van der Waals surface area (Å²) in [7, 11) is 2.09. The molecule has 22 heavy (non-hydrogen) atoms. The molecule has 1 N–H and O–H groups in total. The fourth-order valence-corrected chi connectivity index (χ4v) is 3.67. The van der Waals surface area contributed by atoms with Gasteiger partial charge in [0.05, 0.1) is 5.69 Å². The number of aromatic nitrogens is 1. The average molecular weight is 317 g/mol. The van der Waals surface area contributed by atoms with Crippen molar-refractivity contribution in [3.63, 3.8) is 0 Å². The van der Waals surface area contributed by atoms with Crippen LogP contribution in [0.1, 0.15) is 20.9 Å². The zero-order valence-electron chi connectivity index (χ0n) is 12.1.